The molecule has 7 heteroatoms. The molecule has 0 radical (unpaired) electrons. The minimum absolute atomic E-state index is 0.0254. The van der Waals surface area contributed by atoms with Crippen LogP contribution in [-0.4, -0.2) is 48.1 Å². The maximum absolute atomic E-state index is 12.5. The molecule has 1 N–H and O–H groups in total. The maximum atomic E-state index is 12.5. The number of amides is 1. The number of rotatable bonds is 6. The van der Waals surface area contributed by atoms with Gasteiger partial charge in [-0.1, -0.05) is 29.8 Å². The number of carboxylic acid groups (broad SMARTS) is 1. The van der Waals surface area contributed by atoms with Crippen molar-refractivity contribution in [3.8, 4) is 5.75 Å². The zero-order chi connectivity index (χ0) is 18.5. The molecule has 0 aliphatic carbocycles. The molecule has 0 spiro atoms. The molecule has 1 aliphatic heterocycles. The average molecular weight is 375 g/mol. The highest BCUT2D eigenvalue weighted by atomic mass is 35.5. The van der Waals surface area contributed by atoms with Crippen LogP contribution in [0.3, 0.4) is 0 Å². The van der Waals surface area contributed by atoms with Gasteiger partial charge in [0.15, 0.2) is 6.61 Å². The molecule has 1 amide bonds. The van der Waals surface area contributed by atoms with E-state index in [1.54, 1.807) is 23.1 Å². The quantitative estimate of drug-likeness (QED) is 0.841. The van der Waals surface area contributed by atoms with Gasteiger partial charge in [-0.25, -0.2) is 4.79 Å². The summed E-state index contributed by atoms with van der Waals surface area (Å²) in [5.41, 5.74) is 1.66. The Balaban J connectivity index is 1.68. The molecule has 3 rings (SSSR count). The topological polar surface area (TPSA) is 70.1 Å². The van der Waals surface area contributed by atoms with Crippen molar-refractivity contribution in [2.75, 3.05) is 31.1 Å². The molecule has 2 aromatic rings. The zero-order valence-corrected chi connectivity index (χ0v) is 14.9. The van der Waals surface area contributed by atoms with Gasteiger partial charge in [0.05, 0.1) is 6.54 Å². The van der Waals surface area contributed by atoms with Gasteiger partial charge in [0.25, 0.3) is 0 Å². The Morgan fingerprint density at radius 2 is 1.92 bits per heavy atom. The Hall–Kier alpha value is -2.57. The number of anilines is 1. The molecule has 0 atom stereocenters. The number of carbonyl (C=O) groups excluding carboxylic acids is 1. The van der Waals surface area contributed by atoms with Crippen molar-refractivity contribution >= 4 is 29.2 Å². The van der Waals surface area contributed by atoms with Crippen molar-refractivity contribution in [3.05, 3.63) is 59.1 Å². The van der Waals surface area contributed by atoms with E-state index in [4.69, 9.17) is 21.4 Å². The smallest absolute Gasteiger partial charge is 0.341 e. The fourth-order valence-corrected chi connectivity index (χ4v) is 3.13. The van der Waals surface area contributed by atoms with Crippen LogP contribution in [0.1, 0.15) is 5.56 Å². The van der Waals surface area contributed by atoms with Gasteiger partial charge >= 0.3 is 5.97 Å². The van der Waals surface area contributed by atoms with Crippen molar-refractivity contribution in [1.82, 2.24) is 4.90 Å². The van der Waals surface area contributed by atoms with Gasteiger partial charge in [-0.05, 0) is 30.3 Å². The molecule has 0 aromatic heterocycles. The van der Waals surface area contributed by atoms with E-state index >= 15 is 0 Å². The SMILES string of the molecule is O=C(O)COc1ccc(Cl)cc1CN1CCN(c2ccccc2)C(=O)C1. The van der Waals surface area contributed by atoms with Crippen LogP contribution in [0.25, 0.3) is 0 Å². The third-order valence-electron chi connectivity index (χ3n) is 4.14. The predicted molar refractivity (Wildman–Crippen MR) is 98.7 cm³/mol. The summed E-state index contributed by atoms with van der Waals surface area (Å²) in [5, 5.41) is 9.34. The molecule has 2 aromatic carbocycles. The number of benzene rings is 2. The lowest BCUT2D eigenvalue weighted by Crippen LogP contribution is -2.50. The third-order valence-corrected chi connectivity index (χ3v) is 4.37. The van der Waals surface area contributed by atoms with Gasteiger partial charge in [-0.15, -0.1) is 0 Å². The summed E-state index contributed by atoms with van der Waals surface area (Å²) in [7, 11) is 0. The van der Waals surface area contributed by atoms with Crippen molar-refractivity contribution in [2.24, 2.45) is 0 Å². The van der Waals surface area contributed by atoms with Crippen LogP contribution in [0.2, 0.25) is 5.02 Å². The molecule has 1 aliphatic rings. The summed E-state index contributed by atoms with van der Waals surface area (Å²) in [4.78, 5) is 27.0. The molecular formula is C19H19ClN2O4. The van der Waals surface area contributed by atoms with Crippen molar-refractivity contribution in [3.63, 3.8) is 0 Å². The lowest BCUT2D eigenvalue weighted by atomic mass is 10.1. The Morgan fingerprint density at radius 1 is 1.15 bits per heavy atom. The summed E-state index contributed by atoms with van der Waals surface area (Å²) >= 11 is 6.06. The molecule has 0 unspecified atom stereocenters. The van der Waals surface area contributed by atoms with Crippen LogP contribution in [0, 0.1) is 0 Å². The number of nitrogens with zero attached hydrogens (tertiary/aromatic N) is 2. The zero-order valence-electron chi connectivity index (χ0n) is 14.1. The highest BCUT2D eigenvalue weighted by molar-refractivity contribution is 6.30. The maximum Gasteiger partial charge on any atom is 0.341 e. The fraction of sp³-hybridized carbons (Fsp3) is 0.263. The minimum Gasteiger partial charge on any atom is -0.482 e. The van der Waals surface area contributed by atoms with Crippen molar-refractivity contribution in [1.29, 1.82) is 0 Å². The number of ether oxygens (including phenoxy) is 1. The normalized spacial score (nSPS) is 15.1. The van der Waals surface area contributed by atoms with Gasteiger partial charge in [0.1, 0.15) is 5.75 Å². The molecule has 26 heavy (non-hydrogen) atoms. The molecular weight excluding hydrogens is 356 g/mol. The van der Waals surface area contributed by atoms with E-state index in [-0.39, 0.29) is 12.5 Å². The number of carboxylic acids is 1. The van der Waals surface area contributed by atoms with E-state index in [9.17, 15) is 9.59 Å². The predicted octanol–water partition coefficient (Wildman–Crippen LogP) is 2.65. The van der Waals surface area contributed by atoms with Crippen molar-refractivity contribution < 1.29 is 19.4 Å². The second-order valence-corrected chi connectivity index (χ2v) is 6.46. The average Bonchev–Trinajstić information content (AvgIpc) is 2.62. The van der Waals surface area contributed by atoms with Gasteiger partial charge < -0.3 is 14.7 Å². The van der Waals surface area contributed by atoms with E-state index in [1.165, 1.54) is 0 Å². The van der Waals surface area contributed by atoms with E-state index < -0.39 is 12.6 Å². The number of para-hydroxylation sites is 1. The van der Waals surface area contributed by atoms with Crippen LogP contribution in [-0.2, 0) is 16.1 Å². The number of aliphatic carboxylic acids is 1. The standard InChI is InChI=1S/C19H19ClN2O4/c20-15-6-7-17(26-13-19(24)25)14(10-15)11-21-8-9-22(18(23)12-21)16-4-2-1-3-5-16/h1-7,10H,8-9,11-13H2,(H,24,25). The molecule has 1 saturated heterocycles. The van der Waals surface area contributed by atoms with Gasteiger partial charge in [0.2, 0.25) is 5.91 Å². The first kappa shape index (κ1) is 18.2. The Morgan fingerprint density at radius 3 is 2.62 bits per heavy atom. The summed E-state index contributed by atoms with van der Waals surface area (Å²) in [6, 6.07) is 14.6. The van der Waals surface area contributed by atoms with Crippen LogP contribution >= 0.6 is 11.6 Å². The van der Waals surface area contributed by atoms with Gasteiger partial charge in [-0.2, -0.15) is 0 Å². The monoisotopic (exact) mass is 374 g/mol. The number of halogens is 1. The lowest BCUT2D eigenvalue weighted by molar-refractivity contribution is -0.139. The van der Waals surface area contributed by atoms with Crippen LogP contribution < -0.4 is 9.64 Å². The summed E-state index contributed by atoms with van der Waals surface area (Å²) in [6.45, 7) is 1.61. The first-order valence-corrected chi connectivity index (χ1v) is 8.61. The molecule has 136 valence electrons. The number of hydrogen-bond donors (Lipinski definition) is 1. The largest absolute Gasteiger partial charge is 0.482 e. The fourth-order valence-electron chi connectivity index (χ4n) is 2.93. The Bertz CT molecular complexity index is 797. The van der Waals surface area contributed by atoms with Crippen LogP contribution in [0.5, 0.6) is 5.75 Å². The van der Waals surface area contributed by atoms with Gasteiger partial charge in [-0.3, -0.25) is 9.69 Å². The number of hydrogen-bond acceptors (Lipinski definition) is 4. The highest BCUT2D eigenvalue weighted by Crippen LogP contribution is 2.25. The summed E-state index contributed by atoms with van der Waals surface area (Å²) in [5.74, 6) is -0.551. The molecule has 0 saturated carbocycles. The molecule has 6 nitrogen and oxygen atoms in total. The number of piperazine rings is 1. The lowest BCUT2D eigenvalue weighted by Gasteiger charge is -2.34. The van der Waals surface area contributed by atoms with Crippen molar-refractivity contribution in [2.45, 2.75) is 6.54 Å². The first-order chi connectivity index (χ1) is 12.5. The van der Waals surface area contributed by atoms with E-state index in [0.717, 1.165) is 11.3 Å². The number of carbonyl (C=O) groups is 2. The minimum atomic E-state index is -1.04. The Kier molecular flexibility index (Phi) is 5.75. The molecule has 1 heterocycles. The summed E-state index contributed by atoms with van der Waals surface area (Å²) < 4.78 is 5.33. The van der Waals surface area contributed by atoms with Crippen LogP contribution in [0.4, 0.5) is 5.69 Å². The Labute approximate surface area is 156 Å². The van der Waals surface area contributed by atoms with E-state index in [0.29, 0.717) is 30.4 Å². The third kappa shape index (κ3) is 4.53. The first-order valence-electron chi connectivity index (χ1n) is 8.24. The second-order valence-electron chi connectivity index (χ2n) is 6.03. The summed E-state index contributed by atoms with van der Waals surface area (Å²) in [6.07, 6.45) is 0. The van der Waals surface area contributed by atoms with Gasteiger partial charge in [0, 0.05) is 35.9 Å². The highest BCUT2D eigenvalue weighted by Gasteiger charge is 2.25. The molecule has 1 fully saturated rings. The second kappa shape index (κ2) is 8.21. The van der Waals surface area contributed by atoms with E-state index in [1.807, 2.05) is 35.2 Å². The van der Waals surface area contributed by atoms with E-state index in [2.05, 4.69) is 0 Å². The molecule has 0 bridgehead atoms. The van der Waals surface area contributed by atoms with Crippen LogP contribution in [0.15, 0.2) is 48.5 Å².